The highest BCUT2D eigenvalue weighted by Crippen LogP contribution is 2.06. The number of aromatic nitrogens is 1. The monoisotopic (exact) mass is 229 g/mol. The second kappa shape index (κ2) is 4.01. The number of aliphatic hydroxyl groups is 1. The first kappa shape index (κ1) is 9.68. The average molecular weight is 230 g/mol. The molecule has 2 nitrogen and oxygen atoms in total. The lowest BCUT2D eigenvalue weighted by molar-refractivity contribution is -0.711. The first-order chi connectivity index (χ1) is 5.36. The Kier molecular flexibility index (Phi) is 3.23. The van der Waals surface area contributed by atoms with Crippen LogP contribution >= 0.6 is 0 Å². The molecule has 0 spiro atoms. The zero-order valence-electron chi connectivity index (χ0n) is 6.78. The summed E-state index contributed by atoms with van der Waals surface area (Å²) in [7, 11) is 0. The van der Waals surface area contributed by atoms with Crippen molar-refractivity contribution in [2.75, 3.05) is 0 Å². The number of rotatable bonds is 0. The van der Waals surface area contributed by atoms with Crippen LogP contribution < -0.4 is 21.5 Å². The smallest absolute Gasteiger partial charge is 0.183 e. The summed E-state index contributed by atoms with van der Waals surface area (Å²) >= 11 is 0. The summed E-state index contributed by atoms with van der Waals surface area (Å²) in [4.78, 5) is 0. The van der Waals surface area contributed by atoms with Crippen molar-refractivity contribution in [1.29, 1.82) is 0 Å². The maximum absolute atomic E-state index is 9.34. The van der Waals surface area contributed by atoms with E-state index in [1.54, 1.807) is 0 Å². The Morgan fingerprint density at radius 3 is 3.08 bits per heavy atom. The molecule has 1 aliphatic rings. The Morgan fingerprint density at radius 1 is 1.42 bits per heavy atom. The van der Waals surface area contributed by atoms with E-state index in [0.29, 0.717) is 0 Å². The molecule has 1 aromatic rings. The third-order valence-electron chi connectivity index (χ3n) is 2.18. The highest BCUT2D eigenvalue weighted by atomic mass is 79.9. The summed E-state index contributed by atoms with van der Waals surface area (Å²) in [6.45, 7) is 0.956. The van der Waals surface area contributed by atoms with Crippen LogP contribution in [-0.2, 0) is 13.0 Å². The van der Waals surface area contributed by atoms with Crippen molar-refractivity contribution in [2.24, 2.45) is 0 Å². The van der Waals surface area contributed by atoms with Crippen molar-refractivity contribution in [3.63, 3.8) is 0 Å². The molecule has 1 unspecified atom stereocenters. The van der Waals surface area contributed by atoms with Gasteiger partial charge < -0.3 is 22.1 Å². The van der Waals surface area contributed by atoms with Crippen LogP contribution in [0.5, 0.6) is 0 Å². The predicted octanol–water partition coefficient (Wildman–Crippen LogP) is -2.71. The Morgan fingerprint density at radius 2 is 2.25 bits per heavy atom. The van der Waals surface area contributed by atoms with Gasteiger partial charge >= 0.3 is 0 Å². The van der Waals surface area contributed by atoms with Crippen molar-refractivity contribution in [1.82, 2.24) is 0 Å². The third-order valence-corrected chi connectivity index (χ3v) is 2.18. The Labute approximate surface area is 82.6 Å². The number of aryl methyl sites for hydroxylation is 1. The number of hydrogen-bond acceptors (Lipinski definition) is 1. The molecule has 0 saturated heterocycles. The van der Waals surface area contributed by atoms with Crippen molar-refractivity contribution >= 4 is 0 Å². The fraction of sp³-hybridized carbons (Fsp3) is 0.444. The number of nitrogens with zero attached hydrogens (tertiary/aromatic N) is 1. The second-order valence-corrected chi connectivity index (χ2v) is 3.03. The minimum absolute atomic E-state index is 0. The van der Waals surface area contributed by atoms with Crippen LogP contribution in [0.15, 0.2) is 24.4 Å². The van der Waals surface area contributed by atoms with Crippen molar-refractivity contribution in [3.8, 4) is 0 Å². The van der Waals surface area contributed by atoms with E-state index in [-0.39, 0.29) is 23.1 Å². The van der Waals surface area contributed by atoms with E-state index in [1.807, 2.05) is 12.1 Å². The van der Waals surface area contributed by atoms with Gasteiger partial charge in [0.2, 0.25) is 0 Å². The van der Waals surface area contributed by atoms with Crippen LogP contribution in [0.4, 0.5) is 0 Å². The van der Waals surface area contributed by atoms with Crippen molar-refractivity contribution in [2.45, 2.75) is 25.5 Å². The molecule has 66 valence electrons. The number of halogens is 1. The third kappa shape index (κ3) is 1.84. The Bertz CT molecular complexity index is 264. The molecule has 1 aromatic heterocycles. The van der Waals surface area contributed by atoms with E-state index in [2.05, 4.69) is 16.8 Å². The van der Waals surface area contributed by atoms with Gasteiger partial charge in [-0.15, -0.1) is 0 Å². The molecule has 0 amide bonds. The largest absolute Gasteiger partial charge is 1.00 e. The van der Waals surface area contributed by atoms with E-state index in [0.717, 1.165) is 19.4 Å². The highest BCUT2D eigenvalue weighted by molar-refractivity contribution is 4.99. The molecule has 0 aliphatic carbocycles. The zero-order valence-corrected chi connectivity index (χ0v) is 8.37. The molecule has 3 heteroatoms. The fourth-order valence-corrected chi connectivity index (χ4v) is 1.55. The summed E-state index contributed by atoms with van der Waals surface area (Å²) in [6, 6.07) is 6.12. The molecule has 2 heterocycles. The predicted molar refractivity (Wildman–Crippen MR) is 41.0 cm³/mol. The van der Waals surface area contributed by atoms with Gasteiger partial charge in [0.05, 0.1) is 12.5 Å². The summed E-state index contributed by atoms with van der Waals surface area (Å²) in [5, 5.41) is 9.34. The molecule has 1 atom stereocenters. The lowest BCUT2D eigenvalue weighted by atomic mass is 10.1. The van der Waals surface area contributed by atoms with Gasteiger partial charge in [-0.2, -0.15) is 0 Å². The van der Waals surface area contributed by atoms with Crippen LogP contribution in [0, 0.1) is 0 Å². The minimum Gasteiger partial charge on any atom is -1.00 e. The van der Waals surface area contributed by atoms with Gasteiger partial charge in [0.15, 0.2) is 18.4 Å². The fourth-order valence-electron chi connectivity index (χ4n) is 1.55. The lowest BCUT2D eigenvalue weighted by Crippen LogP contribution is -3.00. The molecule has 0 fully saturated rings. The Hall–Kier alpha value is -0.410. The van der Waals surface area contributed by atoms with Crippen LogP contribution in [0.2, 0.25) is 0 Å². The molecule has 12 heavy (non-hydrogen) atoms. The number of fused-ring (bicyclic) bond motifs is 1. The van der Waals surface area contributed by atoms with Crippen molar-refractivity contribution < 1.29 is 26.7 Å². The van der Waals surface area contributed by atoms with E-state index in [9.17, 15) is 5.11 Å². The maximum atomic E-state index is 9.34. The van der Waals surface area contributed by atoms with E-state index in [4.69, 9.17) is 0 Å². The quantitative estimate of drug-likeness (QED) is 0.481. The standard InChI is InChI=1S/C9H12NO.BrH/c11-9-4-6-10-5-2-1-3-8(10)7-9;/h1-3,5,9,11H,4,6-7H2;1H/q+1;/p-1. The molecule has 0 radical (unpaired) electrons. The topological polar surface area (TPSA) is 24.1 Å². The van der Waals surface area contributed by atoms with E-state index < -0.39 is 0 Å². The zero-order chi connectivity index (χ0) is 7.68. The molecule has 0 aromatic carbocycles. The normalized spacial score (nSPS) is 20.9. The molecule has 0 bridgehead atoms. The molecule has 0 saturated carbocycles. The molecule has 1 N–H and O–H groups in total. The van der Waals surface area contributed by atoms with Crippen LogP contribution in [0.25, 0.3) is 0 Å². The molecular formula is C9H12BrNO. The van der Waals surface area contributed by atoms with E-state index in [1.165, 1.54) is 5.69 Å². The van der Waals surface area contributed by atoms with Gasteiger partial charge in [0.1, 0.15) is 0 Å². The first-order valence-electron chi connectivity index (χ1n) is 4.01. The minimum atomic E-state index is -0.127. The summed E-state index contributed by atoms with van der Waals surface area (Å²) in [5.74, 6) is 0. The van der Waals surface area contributed by atoms with Crippen LogP contribution in [-0.4, -0.2) is 11.2 Å². The lowest BCUT2D eigenvalue weighted by Gasteiger charge is -2.14. The molecular weight excluding hydrogens is 218 g/mol. The van der Waals surface area contributed by atoms with Gasteiger partial charge in [-0.25, -0.2) is 4.57 Å². The maximum Gasteiger partial charge on any atom is 0.183 e. The SMILES string of the molecule is OC1CC[n+]2ccccc2C1.[Br-]. The van der Waals surface area contributed by atoms with Crippen LogP contribution in [0.1, 0.15) is 12.1 Å². The van der Waals surface area contributed by atoms with Gasteiger partial charge in [-0.3, -0.25) is 0 Å². The summed E-state index contributed by atoms with van der Waals surface area (Å²) in [6.07, 6.45) is 3.64. The average Bonchev–Trinajstić information content (AvgIpc) is 2.04. The van der Waals surface area contributed by atoms with Crippen LogP contribution in [0.3, 0.4) is 0 Å². The van der Waals surface area contributed by atoms with Crippen molar-refractivity contribution in [3.05, 3.63) is 30.1 Å². The summed E-state index contributed by atoms with van der Waals surface area (Å²) < 4.78 is 2.20. The molecule has 1 aliphatic heterocycles. The second-order valence-electron chi connectivity index (χ2n) is 3.03. The highest BCUT2D eigenvalue weighted by Gasteiger charge is 2.21. The number of hydrogen-bond donors (Lipinski definition) is 1. The number of aliphatic hydroxyl groups excluding tert-OH is 1. The van der Waals surface area contributed by atoms with E-state index >= 15 is 0 Å². The summed E-state index contributed by atoms with van der Waals surface area (Å²) in [5.41, 5.74) is 1.24. The Balaban J connectivity index is 0.000000720. The first-order valence-corrected chi connectivity index (χ1v) is 4.01. The van der Waals surface area contributed by atoms with Gasteiger partial charge in [-0.05, 0) is 0 Å². The van der Waals surface area contributed by atoms with Gasteiger partial charge in [0.25, 0.3) is 0 Å². The van der Waals surface area contributed by atoms with Gasteiger partial charge in [0, 0.05) is 18.6 Å². The van der Waals surface area contributed by atoms with Gasteiger partial charge in [-0.1, -0.05) is 6.07 Å². The molecule has 2 rings (SSSR count). The number of pyridine rings is 1.